The number of fused-ring (bicyclic) bond motifs is 2. The van der Waals surface area contributed by atoms with Crippen molar-refractivity contribution < 1.29 is 0 Å². The van der Waals surface area contributed by atoms with Gasteiger partial charge in [0.1, 0.15) is 0 Å². The highest BCUT2D eigenvalue weighted by molar-refractivity contribution is 5.15. The van der Waals surface area contributed by atoms with Gasteiger partial charge in [0, 0.05) is 24.4 Å². The quantitative estimate of drug-likeness (QED) is 0.877. The Morgan fingerprint density at radius 2 is 2.21 bits per heavy atom. The minimum Gasteiger partial charge on any atom is -0.316 e. The van der Waals surface area contributed by atoms with Gasteiger partial charge in [-0.2, -0.15) is 0 Å². The first kappa shape index (κ1) is 13.1. The van der Waals surface area contributed by atoms with Crippen molar-refractivity contribution >= 4 is 0 Å². The van der Waals surface area contributed by atoms with Crippen LogP contribution in [0.1, 0.15) is 43.9 Å². The van der Waals surface area contributed by atoms with E-state index in [1.807, 2.05) is 6.20 Å². The fraction of sp³-hybridized carbons (Fsp3) is 0.706. The van der Waals surface area contributed by atoms with Gasteiger partial charge >= 0.3 is 0 Å². The molecule has 4 unspecified atom stereocenters. The number of nitrogens with zero attached hydrogens (tertiary/aromatic N) is 1. The number of hydrogen-bond donors (Lipinski definition) is 1. The van der Waals surface area contributed by atoms with Gasteiger partial charge in [0.2, 0.25) is 0 Å². The highest BCUT2D eigenvalue weighted by atomic mass is 14.9. The third-order valence-electron chi connectivity index (χ3n) is 5.40. The fourth-order valence-corrected chi connectivity index (χ4v) is 4.26. The van der Waals surface area contributed by atoms with Gasteiger partial charge in [0.15, 0.2) is 0 Å². The van der Waals surface area contributed by atoms with E-state index in [0.717, 1.165) is 30.6 Å². The van der Waals surface area contributed by atoms with E-state index >= 15 is 0 Å². The van der Waals surface area contributed by atoms with Crippen LogP contribution >= 0.6 is 0 Å². The van der Waals surface area contributed by atoms with Crippen molar-refractivity contribution in [3.05, 3.63) is 29.6 Å². The molecule has 0 aliphatic heterocycles. The summed E-state index contributed by atoms with van der Waals surface area (Å²) in [4.78, 5) is 4.63. The van der Waals surface area contributed by atoms with Crippen LogP contribution in [0.25, 0.3) is 0 Å². The Labute approximate surface area is 117 Å². The summed E-state index contributed by atoms with van der Waals surface area (Å²) in [5.74, 6) is 2.90. The molecule has 2 fully saturated rings. The SMILES string of the molecule is CCc1ccc(CC(NC)C2CC3CCC2C3)nc1. The van der Waals surface area contributed by atoms with Crippen molar-refractivity contribution in [1.82, 2.24) is 10.3 Å². The molecule has 0 saturated heterocycles. The lowest BCUT2D eigenvalue weighted by Crippen LogP contribution is -2.38. The Hall–Kier alpha value is -0.890. The third kappa shape index (κ3) is 2.69. The number of rotatable bonds is 5. The summed E-state index contributed by atoms with van der Waals surface area (Å²) in [6.07, 6.45) is 10.1. The summed E-state index contributed by atoms with van der Waals surface area (Å²) in [6.45, 7) is 2.18. The summed E-state index contributed by atoms with van der Waals surface area (Å²) in [5, 5.41) is 3.57. The monoisotopic (exact) mass is 258 g/mol. The lowest BCUT2D eigenvalue weighted by molar-refractivity contribution is 0.254. The normalized spacial score (nSPS) is 30.7. The predicted molar refractivity (Wildman–Crippen MR) is 79.1 cm³/mol. The van der Waals surface area contributed by atoms with Crippen molar-refractivity contribution in [3.63, 3.8) is 0 Å². The van der Waals surface area contributed by atoms with Crippen molar-refractivity contribution in [2.75, 3.05) is 7.05 Å². The Balaban J connectivity index is 1.65. The van der Waals surface area contributed by atoms with Crippen molar-refractivity contribution in [3.8, 4) is 0 Å². The maximum absolute atomic E-state index is 4.63. The van der Waals surface area contributed by atoms with Crippen molar-refractivity contribution in [1.29, 1.82) is 0 Å². The van der Waals surface area contributed by atoms with E-state index in [4.69, 9.17) is 0 Å². The van der Waals surface area contributed by atoms with Crippen molar-refractivity contribution in [2.45, 2.75) is 51.5 Å². The average molecular weight is 258 g/mol. The zero-order chi connectivity index (χ0) is 13.2. The lowest BCUT2D eigenvalue weighted by Gasteiger charge is -2.30. The number of pyridine rings is 1. The summed E-state index contributed by atoms with van der Waals surface area (Å²) in [5.41, 5.74) is 2.59. The Kier molecular flexibility index (Phi) is 3.88. The smallest absolute Gasteiger partial charge is 0.0419 e. The van der Waals surface area contributed by atoms with Crippen LogP contribution in [0.2, 0.25) is 0 Å². The molecule has 1 N–H and O–H groups in total. The second-order valence-electron chi connectivity index (χ2n) is 6.45. The van der Waals surface area contributed by atoms with Crippen LogP contribution in [-0.4, -0.2) is 18.1 Å². The van der Waals surface area contributed by atoms with E-state index < -0.39 is 0 Å². The molecular formula is C17H26N2. The average Bonchev–Trinajstić information content (AvgIpc) is 3.08. The number of aromatic nitrogens is 1. The van der Waals surface area contributed by atoms with Gasteiger partial charge in [-0.3, -0.25) is 4.98 Å². The van der Waals surface area contributed by atoms with E-state index in [1.54, 1.807) is 0 Å². The molecule has 4 atom stereocenters. The maximum Gasteiger partial charge on any atom is 0.0419 e. The van der Waals surface area contributed by atoms with Gasteiger partial charge < -0.3 is 5.32 Å². The molecule has 3 rings (SSSR count). The molecule has 104 valence electrons. The van der Waals surface area contributed by atoms with Crippen LogP contribution in [0.3, 0.4) is 0 Å². The standard InChI is InChI=1S/C17H26N2/c1-3-12-5-7-15(19-11-12)10-17(18-2)16-9-13-4-6-14(16)8-13/h5,7,11,13-14,16-18H,3-4,6,8-10H2,1-2H3. The van der Waals surface area contributed by atoms with Crippen LogP contribution in [-0.2, 0) is 12.8 Å². The van der Waals surface area contributed by atoms with E-state index in [0.29, 0.717) is 6.04 Å². The molecule has 2 bridgehead atoms. The molecule has 1 aromatic rings. The predicted octanol–water partition coefficient (Wildman–Crippen LogP) is 3.21. The lowest BCUT2D eigenvalue weighted by atomic mass is 9.81. The second kappa shape index (κ2) is 5.62. The summed E-state index contributed by atoms with van der Waals surface area (Å²) in [6, 6.07) is 5.07. The van der Waals surface area contributed by atoms with Gasteiger partial charge in [-0.1, -0.05) is 19.4 Å². The number of hydrogen-bond acceptors (Lipinski definition) is 2. The minimum absolute atomic E-state index is 0.621. The first-order chi connectivity index (χ1) is 9.30. The molecule has 1 heterocycles. The summed E-state index contributed by atoms with van der Waals surface area (Å²) in [7, 11) is 2.12. The van der Waals surface area contributed by atoms with Crippen LogP contribution in [0, 0.1) is 17.8 Å². The molecular weight excluding hydrogens is 232 g/mol. The minimum atomic E-state index is 0.621. The molecule has 0 radical (unpaired) electrons. The molecule has 0 amide bonds. The van der Waals surface area contributed by atoms with Crippen molar-refractivity contribution in [2.24, 2.45) is 17.8 Å². The molecule has 0 aromatic carbocycles. The van der Waals surface area contributed by atoms with E-state index in [2.05, 4.69) is 36.4 Å². The van der Waals surface area contributed by atoms with Gasteiger partial charge in [0.05, 0.1) is 0 Å². The topological polar surface area (TPSA) is 24.9 Å². The molecule has 1 aromatic heterocycles. The molecule has 2 saturated carbocycles. The van der Waals surface area contributed by atoms with Gasteiger partial charge in [0.25, 0.3) is 0 Å². The van der Waals surface area contributed by atoms with Crippen LogP contribution in [0.4, 0.5) is 0 Å². The molecule has 19 heavy (non-hydrogen) atoms. The second-order valence-corrected chi connectivity index (χ2v) is 6.45. The Bertz CT molecular complexity index is 412. The third-order valence-corrected chi connectivity index (χ3v) is 5.40. The fourth-order valence-electron chi connectivity index (χ4n) is 4.26. The molecule has 2 aliphatic rings. The van der Waals surface area contributed by atoms with Gasteiger partial charge in [-0.25, -0.2) is 0 Å². The first-order valence-electron chi connectivity index (χ1n) is 7.91. The van der Waals surface area contributed by atoms with E-state index in [9.17, 15) is 0 Å². The number of aryl methyl sites for hydroxylation is 1. The maximum atomic E-state index is 4.63. The van der Waals surface area contributed by atoms with E-state index in [1.165, 1.54) is 36.9 Å². The molecule has 2 nitrogen and oxygen atoms in total. The molecule has 2 aliphatic carbocycles. The Morgan fingerprint density at radius 3 is 2.74 bits per heavy atom. The van der Waals surface area contributed by atoms with Crippen LogP contribution < -0.4 is 5.32 Å². The zero-order valence-corrected chi connectivity index (χ0v) is 12.2. The molecule has 2 heteroatoms. The van der Waals surface area contributed by atoms with E-state index in [-0.39, 0.29) is 0 Å². The van der Waals surface area contributed by atoms with Crippen LogP contribution in [0.5, 0.6) is 0 Å². The number of likely N-dealkylation sites (N-methyl/N-ethyl adjacent to an activating group) is 1. The molecule has 0 spiro atoms. The largest absolute Gasteiger partial charge is 0.316 e. The highest BCUT2D eigenvalue weighted by Gasteiger charge is 2.42. The van der Waals surface area contributed by atoms with Gasteiger partial charge in [-0.15, -0.1) is 0 Å². The number of nitrogens with one attached hydrogen (secondary N) is 1. The first-order valence-corrected chi connectivity index (χ1v) is 7.91. The van der Waals surface area contributed by atoms with Crippen LogP contribution in [0.15, 0.2) is 18.3 Å². The summed E-state index contributed by atoms with van der Waals surface area (Å²) < 4.78 is 0. The summed E-state index contributed by atoms with van der Waals surface area (Å²) >= 11 is 0. The van der Waals surface area contributed by atoms with Gasteiger partial charge in [-0.05, 0) is 62.1 Å². The highest BCUT2D eigenvalue weighted by Crippen LogP contribution is 2.49. The Morgan fingerprint density at radius 1 is 1.32 bits per heavy atom. The zero-order valence-electron chi connectivity index (χ0n) is 12.2.